The van der Waals surface area contributed by atoms with E-state index in [4.69, 9.17) is 14.2 Å². The molecule has 1 fully saturated rings. The molecule has 0 aromatic heterocycles. The van der Waals surface area contributed by atoms with Crippen LogP contribution in [-0.4, -0.2) is 91.7 Å². The van der Waals surface area contributed by atoms with Crippen molar-refractivity contribution in [2.75, 3.05) is 38.4 Å². The maximum absolute atomic E-state index is 14.6. The number of sulfonamides is 1. The number of ketones is 1. The highest BCUT2D eigenvalue weighted by Crippen LogP contribution is 2.40. The van der Waals surface area contributed by atoms with Gasteiger partial charge in [-0.05, 0) is 85.1 Å². The number of rotatable bonds is 22. The Kier molecular flexibility index (Phi) is 15.8. The average Bonchev–Trinajstić information content (AvgIpc) is 3.45. The summed E-state index contributed by atoms with van der Waals surface area (Å²) in [5, 5.41) is 2.58. The predicted octanol–water partition coefficient (Wildman–Crippen LogP) is 7.63. The molecule has 0 saturated carbocycles. The minimum absolute atomic E-state index is 0.00876. The van der Waals surface area contributed by atoms with Crippen LogP contribution in [0.4, 0.5) is 10.5 Å². The van der Waals surface area contributed by atoms with Gasteiger partial charge in [-0.3, -0.25) is 19.3 Å². The van der Waals surface area contributed by atoms with Gasteiger partial charge in [-0.2, -0.15) is 0 Å². The number of methoxy groups -OCH3 is 2. The number of ether oxygens (including phenoxy) is 3. The summed E-state index contributed by atoms with van der Waals surface area (Å²) in [5.74, 6) is -1.79. The molecule has 60 heavy (non-hydrogen) atoms. The summed E-state index contributed by atoms with van der Waals surface area (Å²) in [6.07, 6.45) is 0.801. The Hall–Kier alpha value is -4.28. The van der Waals surface area contributed by atoms with Crippen molar-refractivity contribution < 1.29 is 41.8 Å². The van der Waals surface area contributed by atoms with E-state index in [1.807, 2.05) is 13.0 Å². The molecular formula is C45H62N4O9S2. The number of benzene rings is 3. The quantitative estimate of drug-likeness (QED) is 0.0584. The minimum Gasteiger partial charge on any atom is -0.493 e. The normalized spacial score (nSPS) is 16.2. The van der Waals surface area contributed by atoms with Crippen molar-refractivity contribution >= 4 is 51.1 Å². The van der Waals surface area contributed by atoms with Gasteiger partial charge in [0, 0.05) is 32.0 Å². The van der Waals surface area contributed by atoms with Crippen LogP contribution in [0.3, 0.4) is 0 Å². The average molecular weight is 867 g/mol. The molecule has 13 nitrogen and oxygen atoms in total. The van der Waals surface area contributed by atoms with Crippen LogP contribution in [0.1, 0.15) is 98.3 Å². The monoisotopic (exact) mass is 866 g/mol. The van der Waals surface area contributed by atoms with E-state index >= 15 is 0 Å². The second-order valence-electron chi connectivity index (χ2n) is 16.5. The highest BCUT2D eigenvalue weighted by molar-refractivity contribution is 8.01. The SMILES string of the molecule is CCSC(C)(C)C(=O)C(OC)(C(=O)Nc1cccc(S(=O)(=O)NCCCOc2ccc(C(C)(C)CC)cc2C(C)(C)CC)c1)N1C(=O)C(OC)N(Cc2ccccc2)C1=O. The third-order valence-electron chi connectivity index (χ3n) is 11.4. The minimum atomic E-state index is -4.09. The number of nitrogens with zero attached hydrogens (tertiary/aromatic N) is 2. The lowest BCUT2D eigenvalue weighted by Gasteiger charge is -2.40. The molecule has 3 aromatic carbocycles. The van der Waals surface area contributed by atoms with Crippen LogP contribution in [0.5, 0.6) is 5.75 Å². The Bertz CT molecular complexity index is 2130. The molecule has 0 bridgehead atoms. The fourth-order valence-corrected chi connectivity index (χ4v) is 9.04. The number of Topliss-reactive ketones (excluding diaryl/α,β-unsaturated/α-hetero) is 1. The number of carbonyl (C=O) groups is 4. The maximum atomic E-state index is 14.6. The number of anilines is 1. The molecule has 328 valence electrons. The number of thioether (sulfide) groups is 1. The van der Waals surface area contributed by atoms with Crippen molar-refractivity contribution in [3.63, 3.8) is 0 Å². The van der Waals surface area contributed by atoms with E-state index in [2.05, 4.69) is 63.7 Å². The van der Waals surface area contributed by atoms with Crippen LogP contribution in [0.15, 0.2) is 77.7 Å². The standard InChI is InChI=1S/C45H62N4O9S2/c1-12-42(4,5)32-24-25-36(35(28-32)43(6,7)13-2)58-27-19-26-46-60(54,55)34-23-18-22-33(29-34)47-40(52)45(57-11,39(51)44(8,9)59-14-3)49-37(50)38(56-10)48(41(49)53)30-31-20-16-15-17-21-31/h15-18,20-25,28-29,38,46H,12-14,19,26-27,30H2,1-11H3,(H,47,52). The Morgan fingerprint density at radius 1 is 0.850 bits per heavy atom. The molecule has 4 amide bonds. The van der Waals surface area contributed by atoms with Crippen LogP contribution in [0.2, 0.25) is 0 Å². The van der Waals surface area contributed by atoms with Gasteiger partial charge in [-0.15, -0.1) is 11.8 Å². The van der Waals surface area contributed by atoms with Crippen molar-refractivity contribution in [3.05, 3.63) is 89.5 Å². The van der Waals surface area contributed by atoms with Gasteiger partial charge in [-0.1, -0.05) is 97.0 Å². The van der Waals surface area contributed by atoms with E-state index in [9.17, 15) is 27.6 Å². The van der Waals surface area contributed by atoms with Crippen molar-refractivity contribution in [1.29, 1.82) is 0 Å². The van der Waals surface area contributed by atoms with E-state index in [0.717, 1.165) is 36.2 Å². The Labute approximate surface area is 360 Å². The molecule has 0 radical (unpaired) electrons. The first kappa shape index (κ1) is 48.4. The summed E-state index contributed by atoms with van der Waals surface area (Å²) in [6.45, 7) is 18.4. The third kappa shape index (κ3) is 10.2. The van der Waals surface area contributed by atoms with Gasteiger partial charge >= 0.3 is 6.03 Å². The van der Waals surface area contributed by atoms with Crippen molar-refractivity contribution in [1.82, 2.24) is 14.5 Å². The zero-order chi connectivity index (χ0) is 44.7. The molecule has 3 aromatic rings. The number of amides is 4. The molecule has 15 heteroatoms. The van der Waals surface area contributed by atoms with Crippen molar-refractivity contribution in [2.24, 2.45) is 0 Å². The number of hydrogen-bond donors (Lipinski definition) is 2. The summed E-state index contributed by atoms with van der Waals surface area (Å²) in [7, 11) is -1.78. The number of nitrogens with one attached hydrogen (secondary N) is 2. The zero-order valence-corrected chi connectivity index (χ0v) is 38.5. The Balaban J connectivity index is 1.56. The Morgan fingerprint density at radius 3 is 2.12 bits per heavy atom. The molecule has 1 aliphatic heterocycles. The summed E-state index contributed by atoms with van der Waals surface area (Å²) in [5.41, 5.74) is 0.0635. The number of imide groups is 1. The fraction of sp³-hybridized carbons (Fsp3) is 0.511. The van der Waals surface area contributed by atoms with E-state index in [0.29, 0.717) is 22.6 Å². The molecule has 1 aliphatic rings. The van der Waals surface area contributed by atoms with Gasteiger partial charge < -0.3 is 19.5 Å². The number of urea groups is 1. The largest absolute Gasteiger partial charge is 0.493 e. The molecule has 2 N–H and O–H groups in total. The predicted molar refractivity (Wildman–Crippen MR) is 235 cm³/mol. The molecular weight excluding hydrogens is 805 g/mol. The van der Waals surface area contributed by atoms with Gasteiger partial charge in [0.25, 0.3) is 17.5 Å². The second-order valence-corrected chi connectivity index (χ2v) is 20.2. The van der Waals surface area contributed by atoms with E-state index < -0.39 is 50.4 Å². The highest BCUT2D eigenvalue weighted by Gasteiger charge is 2.65. The summed E-state index contributed by atoms with van der Waals surface area (Å²) in [6, 6.07) is 19.7. The maximum Gasteiger partial charge on any atom is 0.332 e. The molecule has 1 saturated heterocycles. The van der Waals surface area contributed by atoms with Gasteiger partial charge in [0.2, 0.25) is 22.0 Å². The van der Waals surface area contributed by atoms with Gasteiger partial charge in [0.05, 0.1) is 22.8 Å². The number of carbonyl (C=O) groups excluding carboxylic acids is 4. The highest BCUT2D eigenvalue weighted by atomic mass is 32.2. The molecule has 0 spiro atoms. The summed E-state index contributed by atoms with van der Waals surface area (Å²) in [4.78, 5) is 58.9. The second kappa shape index (κ2) is 19.6. The lowest BCUT2D eigenvalue weighted by molar-refractivity contribution is -0.179. The van der Waals surface area contributed by atoms with Gasteiger partial charge in [-0.25, -0.2) is 22.8 Å². The van der Waals surface area contributed by atoms with E-state index in [1.54, 1.807) is 44.2 Å². The summed E-state index contributed by atoms with van der Waals surface area (Å²) >= 11 is 1.20. The lowest BCUT2D eigenvalue weighted by atomic mass is 9.76. The Morgan fingerprint density at radius 2 is 1.52 bits per heavy atom. The van der Waals surface area contributed by atoms with Gasteiger partial charge in [0.15, 0.2) is 0 Å². The fourth-order valence-electron chi connectivity index (χ4n) is 6.93. The molecule has 1 heterocycles. The van der Waals surface area contributed by atoms with Crippen molar-refractivity contribution in [2.45, 2.75) is 121 Å². The first-order valence-corrected chi connectivity index (χ1v) is 22.8. The first-order valence-electron chi connectivity index (χ1n) is 20.3. The molecule has 2 unspecified atom stereocenters. The topological polar surface area (TPSA) is 161 Å². The first-order chi connectivity index (χ1) is 28.2. The zero-order valence-electron chi connectivity index (χ0n) is 36.8. The summed E-state index contributed by atoms with van der Waals surface area (Å²) < 4.78 is 45.8. The lowest BCUT2D eigenvalue weighted by Crippen LogP contribution is -2.69. The molecule has 0 aliphatic carbocycles. The van der Waals surface area contributed by atoms with Crippen LogP contribution >= 0.6 is 11.8 Å². The van der Waals surface area contributed by atoms with Crippen LogP contribution in [-0.2, 0) is 51.3 Å². The third-order valence-corrected chi connectivity index (χ3v) is 14.0. The van der Waals surface area contributed by atoms with E-state index in [-0.39, 0.29) is 41.1 Å². The van der Waals surface area contributed by atoms with Crippen molar-refractivity contribution in [3.8, 4) is 5.75 Å². The number of hydrogen-bond acceptors (Lipinski definition) is 10. The van der Waals surface area contributed by atoms with Crippen LogP contribution in [0.25, 0.3) is 0 Å². The molecule has 4 rings (SSSR count). The van der Waals surface area contributed by atoms with Gasteiger partial charge in [0.1, 0.15) is 5.75 Å². The van der Waals surface area contributed by atoms with E-state index in [1.165, 1.54) is 48.7 Å². The van der Waals surface area contributed by atoms with Crippen LogP contribution < -0.4 is 14.8 Å². The smallest absolute Gasteiger partial charge is 0.332 e. The molecule has 2 atom stereocenters. The van der Waals surface area contributed by atoms with Crippen LogP contribution in [0, 0.1) is 0 Å².